The molecule has 15 heavy (non-hydrogen) atoms. The Morgan fingerprint density at radius 2 is 2.07 bits per heavy atom. The lowest BCUT2D eigenvalue weighted by molar-refractivity contribution is -0.135. The van der Waals surface area contributed by atoms with Crippen molar-refractivity contribution in [1.29, 1.82) is 0 Å². The van der Waals surface area contributed by atoms with Gasteiger partial charge in [0.25, 0.3) is 0 Å². The minimum absolute atomic E-state index is 0.217. The van der Waals surface area contributed by atoms with Gasteiger partial charge in [0, 0.05) is 13.1 Å². The summed E-state index contributed by atoms with van der Waals surface area (Å²) in [7, 11) is 0. The summed E-state index contributed by atoms with van der Waals surface area (Å²) < 4.78 is 6.35. The van der Waals surface area contributed by atoms with E-state index in [0.717, 1.165) is 13.1 Å². The van der Waals surface area contributed by atoms with Crippen LogP contribution in [0.25, 0.3) is 0 Å². The van der Waals surface area contributed by atoms with E-state index in [1.807, 2.05) is 0 Å². The van der Waals surface area contributed by atoms with Crippen LogP contribution in [0.3, 0.4) is 0 Å². The molecule has 0 amide bonds. The Morgan fingerprint density at radius 1 is 1.27 bits per heavy atom. The highest BCUT2D eigenvalue weighted by Gasteiger charge is 2.37. The van der Waals surface area contributed by atoms with Gasteiger partial charge in [-0.25, -0.2) is 0 Å². The summed E-state index contributed by atoms with van der Waals surface area (Å²) in [5.74, 6) is 0. The van der Waals surface area contributed by atoms with Crippen molar-refractivity contribution in [2.24, 2.45) is 0 Å². The molecule has 1 aliphatic heterocycles. The largest absolute Gasteiger partial charge is 0.369 e. The third kappa shape index (κ3) is 2.94. The van der Waals surface area contributed by atoms with E-state index in [2.05, 4.69) is 12.2 Å². The van der Waals surface area contributed by atoms with Crippen LogP contribution in [-0.4, -0.2) is 24.8 Å². The Kier molecular flexibility index (Phi) is 4.04. The second-order valence-corrected chi connectivity index (χ2v) is 5.26. The third-order valence-corrected chi connectivity index (χ3v) is 3.88. The fourth-order valence-electron chi connectivity index (χ4n) is 2.98. The Labute approximate surface area is 93.8 Å². The molecule has 1 unspecified atom stereocenters. The first-order valence-electron chi connectivity index (χ1n) is 6.73. The summed E-state index contributed by atoms with van der Waals surface area (Å²) in [4.78, 5) is 0. The molecule has 2 aliphatic rings. The molecule has 1 spiro atoms. The van der Waals surface area contributed by atoms with Crippen LogP contribution in [0.2, 0.25) is 0 Å². The van der Waals surface area contributed by atoms with E-state index in [1.54, 1.807) is 0 Å². The zero-order valence-electron chi connectivity index (χ0n) is 10.1. The molecule has 0 radical (unpaired) electrons. The average Bonchev–Trinajstić information content (AvgIpc) is 2.28. The van der Waals surface area contributed by atoms with Crippen molar-refractivity contribution in [3.8, 4) is 0 Å². The van der Waals surface area contributed by atoms with Crippen LogP contribution in [0, 0.1) is 0 Å². The van der Waals surface area contributed by atoms with E-state index in [9.17, 15) is 0 Å². The van der Waals surface area contributed by atoms with Crippen molar-refractivity contribution in [1.82, 2.24) is 5.32 Å². The zero-order chi connectivity index (χ0) is 10.6. The highest BCUT2D eigenvalue weighted by Crippen LogP contribution is 2.34. The number of hydrogen-bond acceptors (Lipinski definition) is 2. The van der Waals surface area contributed by atoms with Crippen LogP contribution in [0.4, 0.5) is 0 Å². The standard InChI is InChI=1S/C13H25NO/c1-2-3-7-12-10-14-11-13(15-12)8-5-4-6-9-13/h12,14H,2-11H2,1H3. The van der Waals surface area contributed by atoms with Crippen molar-refractivity contribution in [2.75, 3.05) is 13.1 Å². The average molecular weight is 211 g/mol. The molecule has 2 nitrogen and oxygen atoms in total. The molecule has 1 saturated heterocycles. The van der Waals surface area contributed by atoms with Crippen LogP contribution in [0.15, 0.2) is 0 Å². The topological polar surface area (TPSA) is 21.3 Å². The lowest BCUT2D eigenvalue weighted by Gasteiger charge is -2.44. The van der Waals surface area contributed by atoms with E-state index in [4.69, 9.17) is 4.74 Å². The van der Waals surface area contributed by atoms with Gasteiger partial charge in [-0.15, -0.1) is 0 Å². The molecule has 88 valence electrons. The Balaban J connectivity index is 1.85. The van der Waals surface area contributed by atoms with Crippen molar-refractivity contribution < 1.29 is 4.74 Å². The Morgan fingerprint density at radius 3 is 2.80 bits per heavy atom. The maximum absolute atomic E-state index is 6.35. The Bertz CT molecular complexity index is 181. The first-order valence-corrected chi connectivity index (χ1v) is 6.73. The summed E-state index contributed by atoms with van der Waals surface area (Å²) >= 11 is 0. The zero-order valence-corrected chi connectivity index (χ0v) is 10.1. The van der Waals surface area contributed by atoms with Gasteiger partial charge in [-0.3, -0.25) is 0 Å². The highest BCUT2D eigenvalue weighted by molar-refractivity contribution is 4.91. The highest BCUT2D eigenvalue weighted by atomic mass is 16.5. The molecular weight excluding hydrogens is 186 g/mol. The number of unbranched alkanes of at least 4 members (excludes halogenated alkanes) is 1. The van der Waals surface area contributed by atoms with Crippen LogP contribution in [0.1, 0.15) is 58.3 Å². The quantitative estimate of drug-likeness (QED) is 0.775. The van der Waals surface area contributed by atoms with Gasteiger partial charge in [0.1, 0.15) is 0 Å². The molecular formula is C13H25NO. The second kappa shape index (κ2) is 5.31. The van der Waals surface area contributed by atoms with Crippen molar-refractivity contribution in [2.45, 2.75) is 70.0 Å². The van der Waals surface area contributed by atoms with E-state index >= 15 is 0 Å². The van der Waals surface area contributed by atoms with Crippen LogP contribution in [-0.2, 0) is 4.74 Å². The molecule has 0 bridgehead atoms. The minimum atomic E-state index is 0.217. The molecule has 2 rings (SSSR count). The predicted molar refractivity (Wildman–Crippen MR) is 63.1 cm³/mol. The monoisotopic (exact) mass is 211 g/mol. The van der Waals surface area contributed by atoms with E-state index < -0.39 is 0 Å². The van der Waals surface area contributed by atoms with Gasteiger partial charge < -0.3 is 10.1 Å². The summed E-state index contributed by atoms with van der Waals surface area (Å²) in [6.45, 7) is 4.42. The van der Waals surface area contributed by atoms with Gasteiger partial charge in [0.15, 0.2) is 0 Å². The summed E-state index contributed by atoms with van der Waals surface area (Å²) in [6, 6.07) is 0. The van der Waals surface area contributed by atoms with Gasteiger partial charge in [-0.05, 0) is 19.3 Å². The molecule has 1 heterocycles. The smallest absolute Gasteiger partial charge is 0.0810 e. The molecule has 2 fully saturated rings. The van der Waals surface area contributed by atoms with Crippen LogP contribution in [0.5, 0.6) is 0 Å². The van der Waals surface area contributed by atoms with Gasteiger partial charge in [0.2, 0.25) is 0 Å². The van der Waals surface area contributed by atoms with Gasteiger partial charge in [0.05, 0.1) is 11.7 Å². The van der Waals surface area contributed by atoms with Crippen molar-refractivity contribution in [3.63, 3.8) is 0 Å². The van der Waals surface area contributed by atoms with Crippen molar-refractivity contribution in [3.05, 3.63) is 0 Å². The molecule has 1 saturated carbocycles. The van der Waals surface area contributed by atoms with E-state index in [-0.39, 0.29) is 5.60 Å². The van der Waals surface area contributed by atoms with Crippen molar-refractivity contribution >= 4 is 0 Å². The van der Waals surface area contributed by atoms with Gasteiger partial charge >= 0.3 is 0 Å². The number of ether oxygens (including phenoxy) is 1. The predicted octanol–water partition coefficient (Wildman–Crippen LogP) is 2.87. The molecule has 1 aliphatic carbocycles. The fraction of sp³-hybridized carbons (Fsp3) is 1.00. The number of rotatable bonds is 3. The maximum atomic E-state index is 6.35. The number of morpholine rings is 1. The first kappa shape index (κ1) is 11.4. The molecule has 0 aromatic carbocycles. The summed E-state index contributed by atoms with van der Waals surface area (Å²) in [5, 5.41) is 3.58. The molecule has 1 N–H and O–H groups in total. The second-order valence-electron chi connectivity index (χ2n) is 5.26. The van der Waals surface area contributed by atoms with Gasteiger partial charge in [-0.1, -0.05) is 39.0 Å². The SMILES string of the molecule is CCCCC1CNCC2(CCCCC2)O1. The summed E-state index contributed by atoms with van der Waals surface area (Å²) in [6.07, 6.45) is 11.0. The minimum Gasteiger partial charge on any atom is -0.369 e. The fourth-order valence-corrected chi connectivity index (χ4v) is 2.98. The molecule has 1 atom stereocenters. The third-order valence-electron chi connectivity index (χ3n) is 3.88. The molecule has 2 heteroatoms. The van der Waals surface area contributed by atoms with Crippen LogP contribution < -0.4 is 5.32 Å². The lowest BCUT2D eigenvalue weighted by Crippen LogP contribution is -2.54. The number of nitrogens with one attached hydrogen (secondary N) is 1. The van der Waals surface area contributed by atoms with Gasteiger partial charge in [-0.2, -0.15) is 0 Å². The Hall–Kier alpha value is -0.0800. The van der Waals surface area contributed by atoms with E-state index in [1.165, 1.54) is 51.4 Å². The normalized spacial score (nSPS) is 30.6. The molecule has 0 aromatic heterocycles. The lowest BCUT2D eigenvalue weighted by atomic mass is 9.83. The van der Waals surface area contributed by atoms with Crippen LogP contribution >= 0.6 is 0 Å². The summed E-state index contributed by atoms with van der Waals surface area (Å²) in [5.41, 5.74) is 0.217. The first-order chi connectivity index (χ1) is 7.35. The molecule has 0 aromatic rings. The number of hydrogen-bond donors (Lipinski definition) is 1. The maximum Gasteiger partial charge on any atom is 0.0810 e. The van der Waals surface area contributed by atoms with E-state index in [0.29, 0.717) is 6.10 Å².